The highest BCUT2D eigenvalue weighted by Gasteiger charge is 2.46. The van der Waals surface area contributed by atoms with Gasteiger partial charge in [-0.2, -0.15) is 5.26 Å². The van der Waals surface area contributed by atoms with Crippen molar-refractivity contribution in [1.29, 1.82) is 5.26 Å². The maximum absolute atomic E-state index is 14.1. The molecule has 3 N–H and O–H groups in total. The fraction of sp³-hybridized carbons (Fsp3) is 0.455. The second kappa shape index (κ2) is 8.59. The van der Waals surface area contributed by atoms with Gasteiger partial charge in [0, 0.05) is 30.1 Å². The van der Waals surface area contributed by atoms with Crippen molar-refractivity contribution in [3.8, 4) is 6.07 Å². The molecule has 0 spiro atoms. The van der Waals surface area contributed by atoms with E-state index < -0.39 is 43.6 Å². The summed E-state index contributed by atoms with van der Waals surface area (Å²) in [4.78, 5) is 42.4. The number of carbonyl (C=O) groups is 3. The molecule has 0 radical (unpaired) electrons. The van der Waals surface area contributed by atoms with E-state index in [9.17, 15) is 28.4 Å². The number of nitrogens with zero attached hydrogens (tertiary/aromatic N) is 2. The Morgan fingerprint density at radius 3 is 2.76 bits per heavy atom. The molecular weight excluding hydrogens is 448 g/mol. The number of fused-ring (bicyclic) bond motifs is 1. The minimum absolute atomic E-state index is 0.0239. The molecule has 1 aromatic heterocycles. The van der Waals surface area contributed by atoms with E-state index >= 15 is 0 Å². The Hall–Kier alpha value is -3.26. The zero-order valence-corrected chi connectivity index (χ0v) is 19.4. The average molecular weight is 474 g/mol. The fourth-order valence-electron chi connectivity index (χ4n) is 4.72. The maximum atomic E-state index is 14.1. The molecule has 174 valence electrons. The number of hydrogen-bond acceptors (Lipinski definition) is 4. The molecule has 8 nitrogen and oxygen atoms in total. The van der Waals surface area contributed by atoms with Crippen molar-refractivity contribution in [1.82, 2.24) is 20.5 Å². The molecule has 0 aliphatic carbocycles. The Morgan fingerprint density at radius 2 is 2.09 bits per heavy atom. The van der Waals surface area contributed by atoms with Crippen LogP contribution in [0.25, 0.3) is 10.9 Å². The van der Waals surface area contributed by atoms with Crippen LogP contribution in [0.2, 0.25) is 19.1 Å². The normalized spacial score (nSPS) is 22.8. The third kappa shape index (κ3) is 4.61. The molecule has 4 rings (SSSR count). The highest BCUT2D eigenvalue weighted by Crippen LogP contribution is 2.30. The van der Waals surface area contributed by atoms with Crippen LogP contribution in [0.3, 0.4) is 0 Å². The summed E-state index contributed by atoms with van der Waals surface area (Å²) >= 11 is 0. The molecule has 2 saturated heterocycles. The Kier molecular flexibility index (Phi) is 5.96. The summed E-state index contributed by atoms with van der Waals surface area (Å²) in [7, 11) is -1.94. The number of hydrogen-bond donors (Lipinski definition) is 3. The van der Waals surface area contributed by atoms with Crippen LogP contribution in [-0.4, -0.2) is 60.5 Å². The lowest BCUT2D eigenvalue weighted by atomic mass is 9.99. The van der Waals surface area contributed by atoms with Crippen molar-refractivity contribution in [2.24, 2.45) is 5.92 Å². The van der Waals surface area contributed by atoms with Crippen LogP contribution in [0, 0.1) is 28.9 Å². The van der Waals surface area contributed by atoms with Crippen LogP contribution >= 0.6 is 0 Å². The zero-order valence-electron chi connectivity index (χ0n) is 18.4. The molecule has 3 heterocycles. The maximum Gasteiger partial charge on any atom is 0.270 e. The molecule has 0 saturated carbocycles. The molecule has 11 heteroatoms. The second-order valence-corrected chi connectivity index (χ2v) is 14.6. The lowest BCUT2D eigenvalue weighted by Crippen LogP contribution is -2.49. The Morgan fingerprint density at radius 1 is 1.33 bits per heavy atom. The monoisotopic (exact) mass is 473 g/mol. The predicted octanol–water partition coefficient (Wildman–Crippen LogP) is 2.05. The quantitative estimate of drug-likeness (QED) is 0.576. The van der Waals surface area contributed by atoms with E-state index in [0.717, 1.165) is 12.1 Å². The van der Waals surface area contributed by atoms with Gasteiger partial charge in [-0.15, -0.1) is 0 Å². The number of halogens is 2. The Labute approximate surface area is 190 Å². The molecule has 2 aliphatic heterocycles. The lowest BCUT2D eigenvalue weighted by molar-refractivity contribution is -0.126. The third-order valence-corrected chi connectivity index (χ3v) is 9.00. The highest BCUT2D eigenvalue weighted by atomic mass is 28.3. The molecule has 3 amide bonds. The molecule has 2 aromatic rings. The van der Waals surface area contributed by atoms with Crippen LogP contribution in [0.5, 0.6) is 0 Å². The van der Waals surface area contributed by atoms with Gasteiger partial charge in [-0.25, -0.2) is 8.78 Å². The van der Waals surface area contributed by atoms with Crippen LogP contribution < -0.4 is 10.6 Å². The first-order valence-corrected chi connectivity index (χ1v) is 14.3. The first kappa shape index (κ1) is 22.9. The minimum atomic E-state index is -1.94. The number of aromatic nitrogens is 1. The van der Waals surface area contributed by atoms with E-state index in [4.69, 9.17) is 0 Å². The molecule has 3 atom stereocenters. The largest absolute Gasteiger partial charge is 0.356 e. The van der Waals surface area contributed by atoms with Crippen molar-refractivity contribution in [3.05, 3.63) is 35.5 Å². The van der Waals surface area contributed by atoms with Crippen LogP contribution in [0.15, 0.2) is 18.2 Å². The van der Waals surface area contributed by atoms with E-state index in [2.05, 4.69) is 28.7 Å². The summed E-state index contributed by atoms with van der Waals surface area (Å²) in [5.41, 5.74) is 0.0919. The van der Waals surface area contributed by atoms with Gasteiger partial charge in [0.2, 0.25) is 11.8 Å². The molecule has 0 bridgehead atoms. The average Bonchev–Trinajstić information content (AvgIpc) is 3.43. The number of H-pyrrole nitrogens is 1. The fourth-order valence-corrected chi connectivity index (χ4v) is 7.59. The number of nitrogens with one attached hydrogen (secondary N) is 3. The van der Waals surface area contributed by atoms with E-state index in [1.807, 2.05) is 6.07 Å². The molecule has 2 fully saturated rings. The van der Waals surface area contributed by atoms with Crippen molar-refractivity contribution in [3.63, 3.8) is 0 Å². The van der Waals surface area contributed by atoms with Gasteiger partial charge in [0.05, 0.1) is 19.7 Å². The van der Waals surface area contributed by atoms with Crippen LogP contribution in [-0.2, 0) is 9.59 Å². The van der Waals surface area contributed by atoms with E-state index in [0.29, 0.717) is 25.2 Å². The predicted molar refractivity (Wildman–Crippen MR) is 119 cm³/mol. The van der Waals surface area contributed by atoms with Gasteiger partial charge in [-0.05, 0) is 31.0 Å². The van der Waals surface area contributed by atoms with Crippen molar-refractivity contribution in [2.45, 2.75) is 44.1 Å². The van der Waals surface area contributed by atoms with E-state index in [1.165, 1.54) is 11.0 Å². The van der Waals surface area contributed by atoms with Crippen LogP contribution in [0.4, 0.5) is 8.78 Å². The van der Waals surface area contributed by atoms with Crippen LogP contribution in [0.1, 0.15) is 23.3 Å². The minimum Gasteiger partial charge on any atom is -0.356 e. The summed E-state index contributed by atoms with van der Waals surface area (Å²) < 4.78 is 27.6. The molecular formula is C22H25F2N5O3Si. The van der Waals surface area contributed by atoms with Gasteiger partial charge in [-0.3, -0.25) is 14.4 Å². The lowest BCUT2D eigenvalue weighted by Gasteiger charge is -2.25. The number of benzene rings is 1. The van der Waals surface area contributed by atoms with Crippen molar-refractivity contribution < 1.29 is 23.2 Å². The van der Waals surface area contributed by atoms with Gasteiger partial charge in [0.25, 0.3) is 5.91 Å². The number of rotatable bonds is 5. The smallest absolute Gasteiger partial charge is 0.270 e. The van der Waals surface area contributed by atoms with Crippen molar-refractivity contribution >= 4 is 36.7 Å². The van der Waals surface area contributed by atoms with Gasteiger partial charge in [0.15, 0.2) is 0 Å². The van der Waals surface area contributed by atoms with E-state index in [-0.39, 0.29) is 34.8 Å². The highest BCUT2D eigenvalue weighted by molar-refractivity contribution is 6.79. The molecule has 1 aromatic carbocycles. The summed E-state index contributed by atoms with van der Waals surface area (Å²) in [6, 6.07) is 4.18. The van der Waals surface area contributed by atoms with Gasteiger partial charge >= 0.3 is 0 Å². The standard InChI is InChI=1S/C22H25F2N5O3Si/c1-33(2)10-18(21(31)27-15(9-25)6-12-3-4-26-20(12)30)29(11-33)22(32)17-7-13-5-14(23)8-16(24)19(13)28-17/h5,7-8,12,15,18,28H,3-4,6,10-11H2,1-2H3,(H,26,30)(H,27,31)/t12-,15-,18-/m0/s1. The topological polar surface area (TPSA) is 118 Å². The summed E-state index contributed by atoms with van der Waals surface area (Å²) in [6.07, 6.45) is 1.24. The number of nitriles is 1. The summed E-state index contributed by atoms with van der Waals surface area (Å²) in [6.45, 7) is 4.67. The van der Waals surface area contributed by atoms with Gasteiger partial charge < -0.3 is 20.5 Å². The summed E-state index contributed by atoms with van der Waals surface area (Å²) in [5, 5.41) is 15.2. The summed E-state index contributed by atoms with van der Waals surface area (Å²) in [5.74, 6) is -2.93. The van der Waals surface area contributed by atoms with Gasteiger partial charge in [0.1, 0.15) is 29.4 Å². The third-order valence-electron chi connectivity index (χ3n) is 6.31. The molecule has 33 heavy (non-hydrogen) atoms. The number of amides is 3. The Bertz CT molecular complexity index is 1170. The SMILES string of the molecule is C[Si]1(C)C[C@@H](C(=O)N[C@H](C#N)C[C@@H]2CCNC2=O)N(C(=O)c2cc3cc(F)cc(F)c3[nH]2)C1. The second-order valence-electron chi connectivity index (χ2n) is 9.55. The Balaban J connectivity index is 1.54. The zero-order chi connectivity index (χ0) is 23.9. The molecule has 0 unspecified atom stereocenters. The number of aromatic amines is 1. The molecule has 2 aliphatic rings. The number of carbonyl (C=O) groups excluding carboxylic acids is 3. The van der Waals surface area contributed by atoms with Gasteiger partial charge in [-0.1, -0.05) is 13.1 Å². The first-order chi connectivity index (χ1) is 15.6. The first-order valence-electron chi connectivity index (χ1n) is 10.8. The van der Waals surface area contributed by atoms with E-state index in [1.54, 1.807) is 0 Å². The van der Waals surface area contributed by atoms with Crippen molar-refractivity contribution in [2.75, 3.05) is 12.7 Å².